The maximum atomic E-state index is 8.55. The van der Waals surface area contributed by atoms with Crippen LogP contribution in [0.4, 0.5) is 0 Å². The van der Waals surface area contributed by atoms with Gasteiger partial charge in [0.1, 0.15) is 0 Å². The van der Waals surface area contributed by atoms with Gasteiger partial charge in [-0.2, -0.15) is 12.6 Å². The molecule has 0 aromatic rings. The SMILES string of the molecule is NN[C@H](CS)C(O)=S. The van der Waals surface area contributed by atoms with E-state index in [1.165, 1.54) is 0 Å². The summed E-state index contributed by atoms with van der Waals surface area (Å²) in [6.45, 7) is 0. The van der Waals surface area contributed by atoms with Gasteiger partial charge < -0.3 is 5.11 Å². The van der Waals surface area contributed by atoms with Crippen LogP contribution in [0.2, 0.25) is 0 Å². The molecular weight excluding hydrogens is 144 g/mol. The lowest BCUT2D eigenvalue weighted by atomic mass is 10.4. The van der Waals surface area contributed by atoms with Gasteiger partial charge in [-0.25, -0.2) is 5.43 Å². The Morgan fingerprint density at radius 1 is 2.00 bits per heavy atom. The monoisotopic (exact) mass is 152 g/mol. The first-order chi connectivity index (χ1) is 3.72. The molecule has 3 nitrogen and oxygen atoms in total. The number of thiol groups is 1. The van der Waals surface area contributed by atoms with Gasteiger partial charge in [0.05, 0.1) is 6.04 Å². The first-order valence-corrected chi connectivity index (χ1v) is 3.06. The van der Waals surface area contributed by atoms with Crippen molar-refractivity contribution in [2.45, 2.75) is 6.04 Å². The minimum atomic E-state index is -0.367. The number of aliphatic hydroxyl groups is 1. The van der Waals surface area contributed by atoms with Gasteiger partial charge in [-0.1, -0.05) is 0 Å². The van der Waals surface area contributed by atoms with Crippen LogP contribution in [-0.4, -0.2) is 22.0 Å². The van der Waals surface area contributed by atoms with Crippen LogP contribution in [0.5, 0.6) is 0 Å². The molecule has 0 saturated heterocycles. The van der Waals surface area contributed by atoms with Gasteiger partial charge in [0, 0.05) is 5.75 Å². The molecular formula is C3H8N2OS2. The van der Waals surface area contributed by atoms with Crippen molar-refractivity contribution in [2.24, 2.45) is 5.84 Å². The zero-order chi connectivity index (χ0) is 6.57. The van der Waals surface area contributed by atoms with Crippen LogP contribution in [0.3, 0.4) is 0 Å². The fraction of sp³-hybridized carbons (Fsp3) is 0.667. The van der Waals surface area contributed by atoms with Crippen molar-refractivity contribution in [3.63, 3.8) is 0 Å². The van der Waals surface area contributed by atoms with Gasteiger partial charge in [0.25, 0.3) is 0 Å². The van der Waals surface area contributed by atoms with Gasteiger partial charge in [0.15, 0.2) is 5.05 Å². The molecule has 0 aliphatic carbocycles. The third-order valence-corrected chi connectivity index (χ3v) is 1.33. The van der Waals surface area contributed by atoms with Crippen LogP contribution < -0.4 is 11.3 Å². The summed E-state index contributed by atoms with van der Waals surface area (Å²) >= 11 is 8.22. The van der Waals surface area contributed by atoms with E-state index in [0.717, 1.165) is 0 Å². The average molecular weight is 152 g/mol. The molecule has 0 saturated carbocycles. The van der Waals surface area contributed by atoms with E-state index in [2.05, 4.69) is 30.3 Å². The lowest BCUT2D eigenvalue weighted by molar-refractivity contribution is 0.513. The summed E-state index contributed by atoms with van der Waals surface area (Å²) in [5.41, 5.74) is 2.28. The fourth-order valence-corrected chi connectivity index (χ4v) is 0.755. The lowest BCUT2D eigenvalue weighted by Gasteiger charge is -2.07. The number of aliphatic hydroxyl groups excluding tert-OH is 1. The number of hydrogen-bond donors (Lipinski definition) is 4. The Morgan fingerprint density at radius 2 is 2.50 bits per heavy atom. The maximum absolute atomic E-state index is 8.55. The zero-order valence-corrected chi connectivity index (χ0v) is 5.88. The average Bonchev–Trinajstić information content (AvgIpc) is 1.69. The maximum Gasteiger partial charge on any atom is 0.176 e. The number of hydrogen-bond acceptors (Lipinski definition) is 4. The molecule has 48 valence electrons. The molecule has 0 amide bonds. The van der Waals surface area contributed by atoms with Crippen molar-refractivity contribution < 1.29 is 5.11 Å². The van der Waals surface area contributed by atoms with Crippen molar-refractivity contribution >= 4 is 29.9 Å². The Balaban J connectivity index is 3.52. The van der Waals surface area contributed by atoms with E-state index in [9.17, 15) is 0 Å². The van der Waals surface area contributed by atoms with Crippen LogP contribution in [0.25, 0.3) is 0 Å². The summed E-state index contributed by atoms with van der Waals surface area (Å²) in [5.74, 6) is 5.35. The van der Waals surface area contributed by atoms with E-state index in [4.69, 9.17) is 10.9 Å². The number of nitrogens with one attached hydrogen (secondary N) is 1. The number of rotatable bonds is 3. The molecule has 5 heteroatoms. The summed E-state index contributed by atoms with van der Waals surface area (Å²) in [6.07, 6.45) is 0. The van der Waals surface area contributed by atoms with Gasteiger partial charge in [0.2, 0.25) is 0 Å². The largest absolute Gasteiger partial charge is 0.501 e. The summed E-state index contributed by atoms with van der Waals surface area (Å²) < 4.78 is 0. The van der Waals surface area contributed by atoms with Crippen LogP contribution in [0.15, 0.2) is 0 Å². The summed E-state index contributed by atoms with van der Waals surface area (Å²) in [7, 11) is 0. The number of nitrogens with two attached hydrogens (primary N) is 1. The van der Waals surface area contributed by atoms with Gasteiger partial charge in [-0.05, 0) is 12.2 Å². The van der Waals surface area contributed by atoms with Crippen molar-refractivity contribution in [1.82, 2.24) is 5.43 Å². The molecule has 0 aliphatic heterocycles. The molecule has 8 heavy (non-hydrogen) atoms. The molecule has 0 unspecified atom stereocenters. The molecule has 0 fully saturated rings. The predicted octanol–water partition coefficient (Wildman–Crippen LogP) is -0.367. The first kappa shape index (κ1) is 8.16. The number of hydrazine groups is 1. The van der Waals surface area contributed by atoms with Gasteiger partial charge in [-0.3, -0.25) is 5.84 Å². The zero-order valence-electron chi connectivity index (χ0n) is 4.16. The van der Waals surface area contributed by atoms with Gasteiger partial charge >= 0.3 is 0 Å². The second-order valence-corrected chi connectivity index (χ2v) is 2.02. The third-order valence-electron chi connectivity index (χ3n) is 0.682. The van der Waals surface area contributed by atoms with E-state index in [1.807, 2.05) is 0 Å². The Morgan fingerprint density at radius 3 is 2.50 bits per heavy atom. The molecule has 0 aromatic heterocycles. The molecule has 1 atom stereocenters. The van der Waals surface area contributed by atoms with E-state index < -0.39 is 0 Å². The van der Waals surface area contributed by atoms with Crippen molar-refractivity contribution in [2.75, 3.05) is 5.75 Å². The van der Waals surface area contributed by atoms with E-state index >= 15 is 0 Å². The Hall–Kier alpha value is 0.160. The molecule has 0 bridgehead atoms. The smallest absolute Gasteiger partial charge is 0.176 e. The Bertz CT molecular complexity index is 83.4. The molecule has 0 aliphatic rings. The molecule has 0 heterocycles. The van der Waals surface area contributed by atoms with Crippen LogP contribution in [-0.2, 0) is 0 Å². The predicted molar refractivity (Wildman–Crippen MR) is 40.2 cm³/mol. The van der Waals surface area contributed by atoms with Crippen molar-refractivity contribution in [1.29, 1.82) is 0 Å². The fourth-order valence-electron chi connectivity index (χ4n) is 0.202. The number of thiocarbonyl (C=S) groups is 1. The topological polar surface area (TPSA) is 58.3 Å². The Labute approximate surface area is 58.6 Å². The highest BCUT2D eigenvalue weighted by Gasteiger charge is 2.06. The molecule has 4 N–H and O–H groups in total. The quantitative estimate of drug-likeness (QED) is 0.193. The van der Waals surface area contributed by atoms with Crippen molar-refractivity contribution in [3.8, 4) is 0 Å². The minimum Gasteiger partial charge on any atom is -0.501 e. The highest BCUT2D eigenvalue weighted by Crippen LogP contribution is 1.86. The lowest BCUT2D eigenvalue weighted by Crippen LogP contribution is -2.41. The van der Waals surface area contributed by atoms with Crippen LogP contribution in [0.1, 0.15) is 0 Å². The van der Waals surface area contributed by atoms with E-state index in [-0.39, 0.29) is 11.1 Å². The second kappa shape index (κ2) is 4.08. The molecule has 0 spiro atoms. The summed E-state index contributed by atoms with van der Waals surface area (Å²) in [4.78, 5) is 0. The molecule has 0 aromatic carbocycles. The molecule has 0 radical (unpaired) electrons. The summed E-state index contributed by atoms with van der Waals surface area (Å²) in [5, 5.41) is 8.40. The third kappa shape index (κ3) is 2.46. The summed E-state index contributed by atoms with van der Waals surface area (Å²) in [6, 6.07) is -0.367. The normalized spacial score (nSPS) is 13.2. The molecule has 0 rings (SSSR count). The second-order valence-electron chi connectivity index (χ2n) is 1.24. The van der Waals surface area contributed by atoms with Crippen molar-refractivity contribution in [3.05, 3.63) is 0 Å². The van der Waals surface area contributed by atoms with E-state index in [0.29, 0.717) is 5.75 Å². The minimum absolute atomic E-state index is 0.150. The Kier molecular flexibility index (Phi) is 4.16. The standard InChI is InChI=1S/C3H8N2OS2/c4-5-2(1-7)3(6)8/h2,5,7H,1,4H2,(H,6,8)/t2-/m1/s1. The highest BCUT2D eigenvalue weighted by molar-refractivity contribution is 7.81. The van der Waals surface area contributed by atoms with E-state index in [1.54, 1.807) is 0 Å². The van der Waals surface area contributed by atoms with Crippen LogP contribution >= 0.6 is 24.8 Å². The first-order valence-electron chi connectivity index (χ1n) is 2.02. The van der Waals surface area contributed by atoms with Crippen LogP contribution in [0, 0.1) is 0 Å². The van der Waals surface area contributed by atoms with Gasteiger partial charge in [-0.15, -0.1) is 0 Å². The highest BCUT2D eigenvalue weighted by atomic mass is 32.1.